The average molecular weight is 298 g/mol. The Morgan fingerprint density at radius 2 is 2.40 bits per heavy atom. The van der Waals surface area contributed by atoms with Crippen molar-refractivity contribution in [3.05, 3.63) is 16.1 Å². The SMILES string of the molecule is CC(CN(C)C(=O)c1csc(C2CCCO2)n1)C(=O)O. The van der Waals surface area contributed by atoms with Crippen LogP contribution < -0.4 is 0 Å². The molecule has 1 aromatic heterocycles. The van der Waals surface area contributed by atoms with E-state index in [4.69, 9.17) is 9.84 Å². The zero-order valence-corrected chi connectivity index (χ0v) is 12.4. The van der Waals surface area contributed by atoms with Crippen LogP contribution in [-0.2, 0) is 9.53 Å². The van der Waals surface area contributed by atoms with Gasteiger partial charge in [-0.3, -0.25) is 9.59 Å². The van der Waals surface area contributed by atoms with E-state index in [2.05, 4.69) is 4.98 Å². The molecule has 1 aliphatic heterocycles. The van der Waals surface area contributed by atoms with Crippen molar-refractivity contribution < 1.29 is 19.4 Å². The first-order chi connectivity index (χ1) is 9.49. The average Bonchev–Trinajstić information content (AvgIpc) is 3.07. The maximum Gasteiger partial charge on any atom is 0.308 e. The van der Waals surface area contributed by atoms with Gasteiger partial charge in [-0.2, -0.15) is 0 Å². The number of aliphatic carboxylic acids is 1. The van der Waals surface area contributed by atoms with E-state index in [1.807, 2.05) is 0 Å². The number of nitrogens with zero attached hydrogens (tertiary/aromatic N) is 2. The lowest BCUT2D eigenvalue weighted by atomic mass is 10.2. The molecule has 6 nitrogen and oxygen atoms in total. The Morgan fingerprint density at radius 3 is 3.00 bits per heavy atom. The number of carbonyl (C=O) groups is 2. The van der Waals surface area contributed by atoms with Gasteiger partial charge in [0, 0.05) is 25.6 Å². The Balaban J connectivity index is 1.99. The number of aromatic nitrogens is 1. The maximum atomic E-state index is 12.2. The van der Waals surface area contributed by atoms with Gasteiger partial charge in [-0.05, 0) is 12.8 Å². The molecule has 0 bridgehead atoms. The molecule has 1 amide bonds. The summed E-state index contributed by atoms with van der Waals surface area (Å²) >= 11 is 1.42. The Hall–Kier alpha value is -1.47. The largest absolute Gasteiger partial charge is 0.481 e. The maximum absolute atomic E-state index is 12.2. The van der Waals surface area contributed by atoms with Crippen LogP contribution >= 0.6 is 11.3 Å². The predicted molar refractivity (Wildman–Crippen MR) is 73.8 cm³/mol. The van der Waals surface area contributed by atoms with Crippen molar-refractivity contribution in [2.45, 2.75) is 25.9 Å². The minimum absolute atomic E-state index is 0.00444. The van der Waals surface area contributed by atoms with Crippen molar-refractivity contribution >= 4 is 23.2 Å². The fraction of sp³-hybridized carbons (Fsp3) is 0.615. The summed E-state index contributed by atoms with van der Waals surface area (Å²) in [5, 5.41) is 11.4. The van der Waals surface area contributed by atoms with Crippen LogP contribution in [0.1, 0.15) is 41.4 Å². The molecule has 1 aliphatic rings. The minimum Gasteiger partial charge on any atom is -0.481 e. The summed E-state index contributed by atoms with van der Waals surface area (Å²) in [6.07, 6.45) is 1.96. The number of thiazole rings is 1. The first-order valence-corrected chi connectivity index (χ1v) is 7.42. The van der Waals surface area contributed by atoms with Crippen molar-refractivity contribution in [3.63, 3.8) is 0 Å². The van der Waals surface area contributed by atoms with E-state index >= 15 is 0 Å². The Labute approximate surface area is 121 Å². The molecule has 2 atom stereocenters. The molecule has 0 radical (unpaired) electrons. The molecular formula is C13H18N2O4S. The standard InChI is InChI=1S/C13H18N2O4S/c1-8(13(17)18)6-15(2)12(16)9-7-20-11(14-9)10-4-3-5-19-10/h7-8,10H,3-6H2,1-2H3,(H,17,18). The number of hydrogen-bond acceptors (Lipinski definition) is 5. The van der Waals surface area contributed by atoms with Gasteiger partial charge in [0.2, 0.25) is 0 Å². The van der Waals surface area contributed by atoms with Gasteiger partial charge in [-0.25, -0.2) is 4.98 Å². The molecule has 2 rings (SSSR count). The van der Waals surface area contributed by atoms with E-state index in [9.17, 15) is 9.59 Å². The summed E-state index contributed by atoms with van der Waals surface area (Å²) in [7, 11) is 1.59. The number of amides is 1. The van der Waals surface area contributed by atoms with Gasteiger partial charge in [0.25, 0.3) is 5.91 Å². The van der Waals surface area contributed by atoms with Gasteiger partial charge in [0.1, 0.15) is 16.8 Å². The van der Waals surface area contributed by atoms with E-state index in [1.165, 1.54) is 16.2 Å². The zero-order valence-electron chi connectivity index (χ0n) is 11.5. The third kappa shape index (κ3) is 3.34. The van der Waals surface area contributed by atoms with Crippen LogP contribution in [0.3, 0.4) is 0 Å². The first kappa shape index (κ1) is 14.9. The monoisotopic (exact) mass is 298 g/mol. The highest BCUT2D eigenvalue weighted by molar-refractivity contribution is 7.09. The summed E-state index contributed by atoms with van der Waals surface area (Å²) in [4.78, 5) is 28.7. The van der Waals surface area contributed by atoms with Crippen LogP contribution in [0.2, 0.25) is 0 Å². The molecule has 20 heavy (non-hydrogen) atoms. The highest BCUT2D eigenvalue weighted by atomic mass is 32.1. The highest BCUT2D eigenvalue weighted by Gasteiger charge is 2.24. The van der Waals surface area contributed by atoms with Gasteiger partial charge < -0.3 is 14.7 Å². The van der Waals surface area contributed by atoms with E-state index in [0.717, 1.165) is 24.5 Å². The molecule has 0 saturated carbocycles. The molecule has 1 aromatic rings. The summed E-state index contributed by atoms with van der Waals surface area (Å²) in [5.74, 6) is -1.76. The van der Waals surface area contributed by atoms with Crippen LogP contribution in [0.25, 0.3) is 0 Å². The fourth-order valence-corrected chi connectivity index (χ4v) is 2.95. The number of carbonyl (C=O) groups excluding carboxylic acids is 1. The van der Waals surface area contributed by atoms with E-state index in [0.29, 0.717) is 5.69 Å². The van der Waals surface area contributed by atoms with Crippen LogP contribution in [0.4, 0.5) is 0 Å². The highest BCUT2D eigenvalue weighted by Crippen LogP contribution is 2.30. The van der Waals surface area contributed by atoms with Gasteiger partial charge in [0.15, 0.2) is 0 Å². The molecular weight excluding hydrogens is 280 g/mol. The van der Waals surface area contributed by atoms with Crippen molar-refractivity contribution in [3.8, 4) is 0 Å². The molecule has 1 fully saturated rings. The molecule has 0 aliphatic carbocycles. The minimum atomic E-state index is -0.914. The number of ether oxygens (including phenoxy) is 1. The number of carboxylic acids is 1. The van der Waals surface area contributed by atoms with Crippen LogP contribution in [0, 0.1) is 5.92 Å². The number of hydrogen-bond donors (Lipinski definition) is 1. The molecule has 2 unspecified atom stereocenters. The van der Waals surface area contributed by atoms with Gasteiger partial charge in [-0.1, -0.05) is 6.92 Å². The molecule has 0 aromatic carbocycles. The lowest BCUT2D eigenvalue weighted by Crippen LogP contribution is -2.33. The quantitative estimate of drug-likeness (QED) is 0.896. The van der Waals surface area contributed by atoms with E-state index in [-0.39, 0.29) is 18.6 Å². The zero-order chi connectivity index (χ0) is 14.7. The van der Waals surface area contributed by atoms with Crippen molar-refractivity contribution in [1.29, 1.82) is 0 Å². The summed E-state index contributed by atoms with van der Waals surface area (Å²) in [5.41, 5.74) is 0.362. The molecule has 110 valence electrons. The second-order valence-electron chi connectivity index (χ2n) is 5.00. The Morgan fingerprint density at radius 1 is 1.65 bits per heavy atom. The van der Waals surface area contributed by atoms with Crippen LogP contribution in [-0.4, -0.2) is 47.1 Å². The predicted octanol–water partition coefficient (Wildman–Crippen LogP) is 1.79. The summed E-state index contributed by atoms with van der Waals surface area (Å²) < 4.78 is 5.53. The van der Waals surface area contributed by atoms with E-state index < -0.39 is 11.9 Å². The molecule has 7 heteroatoms. The summed E-state index contributed by atoms with van der Waals surface area (Å²) in [6.45, 7) is 2.48. The second kappa shape index (κ2) is 6.32. The Bertz CT molecular complexity index is 496. The lowest BCUT2D eigenvalue weighted by Gasteiger charge is -2.18. The van der Waals surface area contributed by atoms with Gasteiger partial charge in [-0.15, -0.1) is 11.3 Å². The second-order valence-corrected chi connectivity index (χ2v) is 5.89. The molecule has 0 spiro atoms. The van der Waals surface area contributed by atoms with Gasteiger partial charge in [0.05, 0.1) is 5.92 Å². The third-order valence-corrected chi connectivity index (χ3v) is 4.20. The lowest BCUT2D eigenvalue weighted by molar-refractivity contribution is -0.141. The third-order valence-electron chi connectivity index (χ3n) is 3.26. The Kier molecular flexibility index (Phi) is 4.72. The topological polar surface area (TPSA) is 79.7 Å². The van der Waals surface area contributed by atoms with E-state index in [1.54, 1.807) is 19.4 Å². The number of carboxylic acid groups (broad SMARTS) is 1. The molecule has 1 N–H and O–H groups in total. The number of rotatable bonds is 5. The van der Waals surface area contributed by atoms with Crippen molar-refractivity contribution in [2.75, 3.05) is 20.2 Å². The smallest absolute Gasteiger partial charge is 0.308 e. The van der Waals surface area contributed by atoms with Crippen LogP contribution in [0.5, 0.6) is 0 Å². The van der Waals surface area contributed by atoms with Gasteiger partial charge >= 0.3 is 5.97 Å². The normalized spacial score (nSPS) is 19.8. The fourth-order valence-electron chi connectivity index (χ4n) is 2.07. The van der Waals surface area contributed by atoms with Crippen molar-refractivity contribution in [2.24, 2.45) is 5.92 Å². The van der Waals surface area contributed by atoms with Crippen molar-refractivity contribution in [1.82, 2.24) is 9.88 Å². The molecule has 1 saturated heterocycles. The molecule has 2 heterocycles. The first-order valence-electron chi connectivity index (χ1n) is 6.54. The van der Waals surface area contributed by atoms with Crippen LogP contribution in [0.15, 0.2) is 5.38 Å². The summed E-state index contributed by atoms with van der Waals surface area (Å²) in [6, 6.07) is 0.